The monoisotopic (exact) mass is 526 g/mol. The lowest BCUT2D eigenvalue weighted by atomic mass is 9.86. The Balaban J connectivity index is 1.80. The van der Waals surface area contributed by atoms with E-state index < -0.39 is 30.0 Å². The maximum absolute atomic E-state index is 12.4. The Morgan fingerprint density at radius 2 is 1.67 bits per heavy atom. The summed E-state index contributed by atoms with van der Waals surface area (Å²) in [6.07, 6.45) is 3.55. The molecular formula is C25H22N2O7S2. The molecule has 2 aromatic rings. The highest BCUT2D eigenvalue weighted by molar-refractivity contribution is 7.86. The minimum atomic E-state index is -5.13. The zero-order chi connectivity index (χ0) is 25.4. The van der Waals surface area contributed by atoms with E-state index in [-0.39, 0.29) is 5.56 Å². The molecule has 3 aliphatic heterocycles. The van der Waals surface area contributed by atoms with Crippen molar-refractivity contribution >= 4 is 36.9 Å². The molecule has 1 aliphatic carbocycles. The molecule has 0 bridgehead atoms. The first-order chi connectivity index (χ1) is 17.0. The van der Waals surface area contributed by atoms with Crippen LogP contribution in [0.5, 0.6) is 0 Å². The van der Waals surface area contributed by atoms with E-state index in [0.717, 1.165) is 61.7 Å². The molecule has 9 nitrogen and oxygen atoms in total. The highest BCUT2D eigenvalue weighted by Crippen LogP contribution is 2.48. The van der Waals surface area contributed by atoms with Gasteiger partial charge in [0.1, 0.15) is 21.5 Å². The summed E-state index contributed by atoms with van der Waals surface area (Å²) in [4.78, 5) is 0.933. The zero-order valence-electron chi connectivity index (χ0n) is 19.0. The molecule has 3 N–H and O–H groups in total. The minimum absolute atomic E-state index is 0.0311. The third-order valence-electron chi connectivity index (χ3n) is 7.02. The number of nitrogens with two attached hydrogens (primary N) is 1. The van der Waals surface area contributed by atoms with Gasteiger partial charge in [0.05, 0.1) is 15.9 Å². The predicted octanol–water partition coefficient (Wildman–Crippen LogP) is 1.71. The van der Waals surface area contributed by atoms with Crippen LogP contribution < -0.4 is 15.7 Å². The molecule has 36 heavy (non-hydrogen) atoms. The van der Waals surface area contributed by atoms with Crippen molar-refractivity contribution in [3.8, 4) is 22.5 Å². The summed E-state index contributed by atoms with van der Waals surface area (Å²) in [7, 11) is -9.87. The Bertz CT molecular complexity index is 1820. The van der Waals surface area contributed by atoms with E-state index in [1.807, 2.05) is 6.07 Å². The highest BCUT2D eigenvalue weighted by Gasteiger charge is 2.30. The summed E-state index contributed by atoms with van der Waals surface area (Å²) in [5.74, 6) is 0.412. The van der Waals surface area contributed by atoms with E-state index in [9.17, 15) is 25.9 Å². The maximum Gasteiger partial charge on any atom is 0.294 e. The number of benzene rings is 3. The van der Waals surface area contributed by atoms with Gasteiger partial charge < -0.3 is 13.9 Å². The third kappa shape index (κ3) is 3.62. The van der Waals surface area contributed by atoms with Crippen molar-refractivity contribution in [2.45, 2.75) is 35.5 Å². The fourth-order valence-electron chi connectivity index (χ4n) is 5.58. The fourth-order valence-corrected chi connectivity index (χ4v) is 6.88. The fraction of sp³-hybridized carbons (Fsp3) is 0.240. The van der Waals surface area contributed by atoms with Gasteiger partial charge in [-0.25, -0.2) is 8.42 Å². The average Bonchev–Trinajstić information content (AvgIpc) is 2.82. The van der Waals surface area contributed by atoms with Gasteiger partial charge in [0.15, 0.2) is 5.36 Å². The molecule has 0 aromatic heterocycles. The zero-order valence-corrected chi connectivity index (χ0v) is 20.7. The molecular weight excluding hydrogens is 504 g/mol. The topological polar surface area (TPSA) is 154 Å². The summed E-state index contributed by atoms with van der Waals surface area (Å²) in [5, 5.41) is 7.11. The van der Waals surface area contributed by atoms with Crippen LogP contribution in [0.3, 0.4) is 0 Å². The van der Waals surface area contributed by atoms with Gasteiger partial charge in [-0.2, -0.15) is 8.42 Å². The second-order valence-corrected chi connectivity index (χ2v) is 12.0. The van der Waals surface area contributed by atoms with Gasteiger partial charge in [0.2, 0.25) is 0 Å². The molecule has 0 spiro atoms. The first kappa shape index (κ1) is 23.2. The largest absolute Gasteiger partial charge is 0.744 e. The maximum atomic E-state index is 12.4. The van der Waals surface area contributed by atoms with E-state index in [1.165, 1.54) is 6.07 Å². The number of hydrogen-bond donors (Lipinski definition) is 2. The molecule has 0 unspecified atom stereocenters. The third-order valence-corrected chi connectivity index (χ3v) is 8.74. The van der Waals surface area contributed by atoms with E-state index in [1.54, 1.807) is 18.2 Å². The Hall–Kier alpha value is -3.25. The smallest absolute Gasteiger partial charge is 0.294 e. The second-order valence-electron chi connectivity index (χ2n) is 9.25. The van der Waals surface area contributed by atoms with Crippen molar-refractivity contribution < 1.29 is 35.8 Å². The van der Waals surface area contributed by atoms with E-state index >= 15 is 0 Å². The molecule has 6 rings (SSSR count). The Labute approximate surface area is 207 Å². The van der Waals surface area contributed by atoms with Gasteiger partial charge in [-0.15, -0.1) is 0 Å². The van der Waals surface area contributed by atoms with Crippen LogP contribution in [0.25, 0.3) is 33.4 Å². The number of rotatable bonds is 3. The molecule has 3 heterocycles. The summed E-state index contributed by atoms with van der Waals surface area (Å²) in [6, 6.07) is 10.0. The molecule has 0 fully saturated rings. The molecule has 0 saturated carbocycles. The lowest BCUT2D eigenvalue weighted by Crippen LogP contribution is -2.44. The van der Waals surface area contributed by atoms with Crippen molar-refractivity contribution in [1.82, 2.24) is 0 Å². The van der Waals surface area contributed by atoms with Gasteiger partial charge in [-0.05, 0) is 55.5 Å². The van der Waals surface area contributed by atoms with Crippen molar-refractivity contribution in [2.75, 3.05) is 18.0 Å². The minimum Gasteiger partial charge on any atom is -0.744 e. The SMILES string of the molecule is [NH2+]=c1ccc2c(-c3ccc(S(=O)(=O)O)cc3S(=O)(=O)[O-])c3cc4c5c(c3oc-2c1)CCCN5CCC4. The molecule has 2 aromatic carbocycles. The quantitative estimate of drug-likeness (QED) is 0.302. The summed E-state index contributed by atoms with van der Waals surface area (Å²) in [6.45, 7) is 1.91. The van der Waals surface area contributed by atoms with Crippen molar-refractivity contribution in [2.24, 2.45) is 0 Å². The number of anilines is 1. The Kier molecular flexibility index (Phi) is 5.07. The Morgan fingerprint density at radius 3 is 2.39 bits per heavy atom. The van der Waals surface area contributed by atoms with Crippen LogP contribution in [0.15, 0.2) is 56.7 Å². The number of aryl methyl sites for hydroxylation is 2. The normalized spacial score (nSPS) is 15.9. The lowest BCUT2D eigenvalue weighted by Gasteiger charge is -2.37. The summed E-state index contributed by atoms with van der Waals surface area (Å²) < 4.78 is 76.4. The van der Waals surface area contributed by atoms with Gasteiger partial charge in [0, 0.05) is 52.5 Å². The van der Waals surface area contributed by atoms with Crippen molar-refractivity contribution in [1.29, 1.82) is 0 Å². The van der Waals surface area contributed by atoms with Gasteiger partial charge in [0.25, 0.3) is 10.1 Å². The van der Waals surface area contributed by atoms with Crippen LogP contribution >= 0.6 is 0 Å². The molecule has 0 amide bonds. The van der Waals surface area contributed by atoms with Crippen molar-refractivity contribution in [3.63, 3.8) is 0 Å². The van der Waals surface area contributed by atoms with Gasteiger partial charge in [-0.1, -0.05) is 6.07 Å². The van der Waals surface area contributed by atoms with E-state index in [2.05, 4.69) is 4.90 Å². The standard InChI is InChI=1S/C25H22N2O7S2/c26-15-5-7-17-21(12-15)34-25-19-4-2-10-27-9-1-3-14(24(19)27)11-20(25)23(17)18-8-6-16(35(28,29)30)13-22(18)36(31,32)33/h5-8,11-13,26H,1-4,9-10H2,(H,28,29,30)(H,31,32,33). The second kappa shape index (κ2) is 7.87. The summed E-state index contributed by atoms with van der Waals surface area (Å²) >= 11 is 0. The van der Waals surface area contributed by atoms with Crippen molar-refractivity contribution in [3.05, 3.63) is 58.9 Å². The summed E-state index contributed by atoms with van der Waals surface area (Å²) in [5.41, 5.74) is 4.87. The first-order valence-electron chi connectivity index (χ1n) is 11.5. The van der Waals surface area contributed by atoms with Crippen LogP contribution in [0.4, 0.5) is 5.69 Å². The Morgan fingerprint density at radius 1 is 0.944 bits per heavy atom. The van der Waals surface area contributed by atoms with Crippen LogP contribution in [-0.4, -0.2) is 39.0 Å². The highest BCUT2D eigenvalue weighted by atomic mass is 32.2. The van der Waals surface area contributed by atoms with Gasteiger partial charge in [-0.3, -0.25) is 9.96 Å². The van der Waals surface area contributed by atoms with Crippen LogP contribution in [0.1, 0.15) is 24.0 Å². The van der Waals surface area contributed by atoms with E-state index in [4.69, 9.17) is 9.83 Å². The predicted molar refractivity (Wildman–Crippen MR) is 130 cm³/mol. The van der Waals surface area contributed by atoms with Crippen LogP contribution in [0, 0.1) is 0 Å². The molecule has 186 valence electrons. The van der Waals surface area contributed by atoms with Gasteiger partial charge >= 0.3 is 0 Å². The van der Waals surface area contributed by atoms with Crippen LogP contribution in [-0.2, 0) is 33.1 Å². The lowest BCUT2D eigenvalue weighted by molar-refractivity contribution is -0.172. The first-order valence-corrected chi connectivity index (χ1v) is 14.3. The number of hydrogen-bond acceptors (Lipinski definition) is 7. The number of fused-ring (bicyclic) bond motifs is 3. The molecule has 0 radical (unpaired) electrons. The molecule has 4 aliphatic rings. The molecule has 11 heteroatoms. The molecule has 0 atom stereocenters. The van der Waals surface area contributed by atoms with Crippen LogP contribution in [0.2, 0.25) is 0 Å². The molecule has 0 saturated heterocycles. The van der Waals surface area contributed by atoms with E-state index in [0.29, 0.717) is 39.3 Å². The average molecular weight is 527 g/mol. The number of nitrogens with zero attached hydrogens (tertiary/aromatic N) is 1.